The molecule has 0 unspecified atom stereocenters. The quantitative estimate of drug-likeness (QED) is 0.720. The molecule has 0 spiro atoms. The number of rotatable bonds is 2. The molecular weight excluding hydrogens is 332 g/mol. The highest BCUT2D eigenvalue weighted by Gasteiger charge is 2.12. The van der Waals surface area contributed by atoms with Gasteiger partial charge in [-0.25, -0.2) is 4.98 Å². The van der Waals surface area contributed by atoms with Gasteiger partial charge in [0, 0.05) is 4.47 Å². The van der Waals surface area contributed by atoms with Crippen molar-refractivity contribution in [2.75, 3.05) is 0 Å². The van der Waals surface area contributed by atoms with E-state index in [1.807, 2.05) is 25.1 Å². The van der Waals surface area contributed by atoms with Crippen LogP contribution in [0.1, 0.15) is 5.56 Å². The highest BCUT2D eigenvalue weighted by Crippen LogP contribution is 2.30. The molecule has 3 aromatic rings. The molecule has 0 aliphatic rings. The number of imidazole rings is 1. The molecular formula is C12H8BrClN4O. The van der Waals surface area contributed by atoms with Crippen molar-refractivity contribution in [2.24, 2.45) is 0 Å². The molecule has 1 N–H and O–H groups in total. The monoisotopic (exact) mass is 338 g/mol. The van der Waals surface area contributed by atoms with Gasteiger partial charge in [0.05, 0.1) is 6.33 Å². The molecule has 1 aromatic carbocycles. The van der Waals surface area contributed by atoms with Crippen molar-refractivity contribution >= 4 is 38.7 Å². The first kappa shape index (κ1) is 12.4. The summed E-state index contributed by atoms with van der Waals surface area (Å²) >= 11 is 9.26. The fraction of sp³-hybridized carbons (Fsp3) is 0.0833. The van der Waals surface area contributed by atoms with Gasteiger partial charge in [-0.05, 0) is 36.2 Å². The van der Waals surface area contributed by atoms with E-state index in [1.165, 1.54) is 6.33 Å². The zero-order chi connectivity index (χ0) is 13.4. The van der Waals surface area contributed by atoms with Crippen molar-refractivity contribution in [1.82, 2.24) is 19.9 Å². The number of nitrogens with zero attached hydrogens (tertiary/aromatic N) is 3. The van der Waals surface area contributed by atoms with Gasteiger partial charge in [-0.2, -0.15) is 9.97 Å². The van der Waals surface area contributed by atoms with E-state index in [0.717, 1.165) is 10.0 Å². The number of aryl methyl sites for hydroxylation is 1. The molecule has 2 aromatic heterocycles. The van der Waals surface area contributed by atoms with E-state index < -0.39 is 0 Å². The lowest BCUT2D eigenvalue weighted by Crippen LogP contribution is -1.94. The van der Waals surface area contributed by atoms with Gasteiger partial charge < -0.3 is 9.72 Å². The summed E-state index contributed by atoms with van der Waals surface area (Å²) in [6.07, 6.45) is 1.52. The summed E-state index contributed by atoms with van der Waals surface area (Å²) in [6, 6.07) is 5.76. The number of benzene rings is 1. The Hall–Kier alpha value is -1.66. The molecule has 0 fully saturated rings. The van der Waals surface area contributed by atoms with Crippen molar-refractivity contribution in [3.63, 3.8) is 0 Å². The van der Waals surface area contributed by atoms with E-state index in [9.17, 15) is 0 Å². The number of hydrogen-bond acceptors (Lipinski definition) is 4. The number of fused-ring (bicyclic) bond motifs is 1. The second-order valence-corrected chi connectivity index (χ2v) is 5.16. The molecule has 3 rings (SSSR count). The average molecular weight is 340 g/mol. The van der Waals surface area contributed by atoms with E-state index in [-0.39, 0.29) is 5.28 Å². The molecule has 0 radical (unpaired) electrons. The second-order valence-electron chi connectivity index (χ2n) is 3.91. The highest BCUT2D eigenvalue weighted by molar-refractivity contribution is 9.10. The van der Waals surface area contributed by atoms with Gasteiger partial charge in [0.15, 0.2) is 5.65 Å². The summed E-state index contributed by atoms with van der Waals surface area (Å²) in [4.78, 5) is 15.1. The van der Waals surface area contributed by atoms with Gasteiger partial charge in [-0.1, -0.05) is 22.0 Å². The van der Waals surface area contributed by atoms with Crippen LogP contribution >= 0.6 is 27.5 Å². The number of ether oxygens (including phenoxy) is 1. The summed E-state index contributed by atoms with van der Waals surface area (Å²) in [5, 5.41) is 0.0993. The molecule has 5 nitrogen and oxygen atoms in total. The Balaban J connectivity index is 2.10. The van der Waals surface area contributed by atoms with Crippen molar-refractivity contribution in [3.8, 4) is 11.6 Å². The van der Waals surface area contributed by atoms with Crippen LogP contribution in [-0.2, 0) is 0 Å². The average Bonchev–Trinajstić information content (AvgIpc) is 2.82. The van der Waals surface area contributed by atoms with Crippen molar-refractivity contribution < 1.29 is 4.74 Å². The maximum Gasteiger partial charge on any atom is 0.250 e. The molecule has 0 aliphatic carbocycles. The Morgan fingerprint density at radius 3 is 3.00 bits per heavy atom. The Kier molecular flexibility index (Phi) is 3.12. The SMILES string of the molecule is Cc1ccc(Br)cc1Oc1nc(Cl)nc2nc[nH]c12. The normalized spacial score (nSPS) is 10.9. The van der Waals surface area contributed by atoms with Gasteiger partial charge in [0.2, 0.25) is 11.2 Å². The van der Waals surface area contributed by atoms with E-state index in [2.05, 4.69) is 35.9 Å². The van der Waals surface area contributed by atoms with Gasteiger partial charge >= 0.3 is 0 Å². The Morgan fingerprint density at radius 2 is 2.16 bits per heavy atom. The molecule has 0 aliphatic heterocycles. The first-order valence-electron chi connectivity index (χ1n) is 5.44. The standard InChI is InChI=1S/C12H8BrClN4O/c1-6-2-3-7(13)4-8(6)19-11-9-10(16-5-15-9)17-12(14)18-11/h2-5H,1H3,(H,15,16,17,18). The fourth-order valence-electron chi connectivity index (χ4n) is 1.64. The van der Waals surface area contributed by atoms with Crippen LogP contribution in [0.3, 0.4) is 0 Å². The molecule has 0 atom stereocenters. The minimum Gasteiger partial charge on any atom is -0.437 e. The third kappa shape index (κ3) is 2.41. The molecule has 0 saturated heterocycles. The lowest BCUT2D eigenvalue weighted by Gasteiger charge is -2.08. The number of aromatic amines is 1. The minimum absolute atomic E-state index is 0.0993. The van der Waals surface area contributed by atoms with Crippen LogP contribution in [0.4, 0.5) is 0 Å². The highest BCUT2D eigenvalue weighted by atomic mass is 79.9. The second kappa shape index (κ2) is 4.79. The van der Waals surface area contributed by atoms with Gasteiger partial charge in [0.25, 0.3) is 0 Å². The van der Waals surface area contributed by atoms with Crippen LogP contribution in [0, 0.1) is 6.92 Å². The fourth-order valence-corrected chi connectivity index (χ4v) is 2.14. The van der Waals surface area contributed by atoms with E-state index in [4.69, 9.17) is 16.3 Å². The molecule has 2 heterocycles. The third-order valence-corrected chi connectivity index (χ3v) is 3.24. The van der Waals surface area contributed by atoms with Crippen LogP contribution in [0.2, 0.25) is 5.28 Å². The maximum atomic E-state index is 5.85. The number of aromatic nitrogens is 4. The van der Waals surface area contributed by atoms with Gasteiger partial charge in [-0.3, -0.25) is 0 Å². The zero-order valence-electron chi connectivity index (χ0n) is 9.82. The van der Waals surface area contributed by atoms with Crippen LogP contribution in [-0.4, -0.2) is 19.9 Å². The van der Waals surface area contributed by atoms with Gasteiger partial charge in [-0.15, -0.1) is 0 Å². The van der Waals surface area contributed by atoms with E-state index >= 15 is 0 Å². The first-order valence-corrected chi connectivity index (χ1v) is 6.61. The van der Waals surface area contributed by atoms with Crippen molar-refractivity contribution in [3.05, 3.63) is 39.8 Å². The largest absolute Gasteiger partial charge is 0.437 e. The third-order valence-electron chi connectivity index (χ3n) is 2.58. The topological polar surface area (TPSA) is 63.7 Å². The molecule has 7 heteroatoms. The van der Waals surface area contributed by atoms with Crippen LogP contribution < -0.4 is 4.74 Å². The predicted octanol–water partition coefficient (Wildman–Crippen LogP) is 3.87. The van der Waals surface area contributed by atoms with Gasteiger partial charge in [0.1, 0.15) is 11.3 Å². The smallest absolute Gasteiger partial charge is 0.250 e. The molecule has 0 saturated carbocycles. The number of hydrogen-bond donors (Lipinski definition) is 1. The van der Waals surface area contributed by atoms with E-state index in [0.29, 0.717) is 22.8 Å². The van der Waals surface area contributed by atoms with Crippen LogP contribution in [0.25, 0.3) is 11.2 Å². The Labute approximate surface area is 122 Å². The summed E-state index contributed by atoms with van der Waals surface area (Å²) < 4.78 is 6.73. The molecule has 0 amide bonds. The molecule has 96 valence electrons. The summed E-state index contributed by atoms with van der Waals surface area (Å²) in [7, 11) is 0. The number of H-pyrrole nitrogens is 1. The van der Waals surface area contributed by atoms with Crippen molar-refractivity contribution in [1.29, 1.82) is 0 Å². The maximum absolute atomic E-state index is 5.85. The van der Waals surface area contributed by atoms with E-state index in [1.54, 1.807) is 0 Å². The number of nitrogens with one attached hydrogen (secondary N) is 1. The Bertz CT molecular complexity index is 759. The molecule has 0 bridgehead atoms. The summed E-state index contributed by atoms with van der Waals surface area (Å²) in [5.41, 5.74) is 2.08. The lowest BCUT2D eigenvalue weighted by molar-refractivity contribution is 0.463. The predicted molar refractivity (Wildman–Crippen MR) is 75.6 cm³/mol. The van der Waals surface area contributed by atoms with Crippen LogP contribution in [0.5, 0.6) is 11.6 Å². The molecule has 19 heavy (non-hydrogen) atoms. The van der Waals surface area contributed by atoms with Crippen molar-refractivity contribution in [2.45, 2.75) is 6.92 Å². The zero-order valence-corrected chi connectivity index (χ0v) is 12.2. The number of halogens is 2. The van der Waals surface area contributed by atoms with Crippen LogP contribution in [0.15, 0.2) is 29.0 Å². The first-order chi connectivity index (χ1) is 9.13. The summed E-state index contributed by atoms with van der Waals surface area (Å²) in [6.45, 7) is 1.95. The lowest BCUT2D eigenvalue weighted by atomic mass is 10.2. The minimum atomic E-state index is 0.0993. The summed E-state index contributed by atoms with van der Waals surface area (Å²) in [5.74, 6) is 1.05. The Morgan fingerprint density at radius 1 is 1.32 bits per heavy atom.